The molecule has 21 heavy (non-hydrogen) atoms. The number of nitrogens with two attached hydrogens (primary N) is 1. The average molecular weight is 302 g/mol. The van der Waals surface area contributed by atoms with Gasteiger partial charge in [-0.05, 0) is 18.2 Å². The number of fused-ring (bicyclic) bond motifs is 1. The minimum Gasteiger partial charge on any atom is -0.343 e. The van der Waals surface area contributed by atoms with Crippen molar-refractivity contribution in [1.29, 1.82) is 0 Å². The topological polar surface area (TPSA) is 78.0 Å². The molecule has 0 fully saturated rings. The maximum absolute atomic E-state index is 12.6. The van der Waals surface area contributed by atoms with Crippen LogP contribution in [0.1, 0.15) is 26.4 Å². The molecule has 0 amide bonds. The molecule has 1 aliphatic carbocycles. The van der Waals surface area contributed by atoms with Crippen LogP contribution >= 0.6 is 11.6 Å². The normalized spacial score (nSPS) is 14.1. The lowest BCUT2D eigenvalue weighted by atomic mass is 9.91. The number of nitrogens with zero attached hydrogens (tertiary/aromatic N) is 2. The molecule has 1 aliphatic rings. The van der Waals surface area contributed by atoms with Crippen LogP contribution in [0.5, 0.6) is 0 Å². The molecule has 6 heteroatoms. The summed E-state index contributed by atoms with van der Waals surface area (Å²) in [6.07, 6.45) is 6.04. The van der Waals surface area contributed by atoms with Crippen LogP contribution in [-0.2, 0) is 6.54 Å². The molecule has 0 spiro atoms. The largest absolute Gasteiger partial charge is 0.343 e. The van der Waals surface area contributed by atoms with Crippen molar-refractivity contribution in [2.45, 2.75) is 6.54 Å². The monoisotopic (exact) mass is 301 g/mol. The van der Waals surface area contributed by atoms with E-state index >= 15 is 0 Å². The Labute approximate surface area is 126 Å². The number of carbonyl (C=O) groups excluding carboxylic acids is 2. The van der Waals surface area contributed by atoms with Crippen LogP contribution < -0.4 is 5.73 Å². The second-order valence-corrected chi connectivity index (χ2v) is 5.14. The molecule has 0 saturated carbocycles. The van der Waals surface area contributed by atoms with Crippen molar-refractivity contribution in [2.24, 2.45) is 5.73 Å². The van der Waals surface area contributed by atoms with E-state index in [0.29, 0.717) is 40.5 Å². The van der Waals surface area contributed by atoms with Gasteiger partial charge in [-0.1, -0.05) is 11.6 Å². The summed E-state index contributed by atoms with van der Waals surface area (Å²) in [6.45, 7) is 0.896. The third-order valence-electron chi connectivity index (χ3n) is 3.35. The Morgan fingerprint density at radius 3 is 2.81 bits per heavy atom. The third-order valence-corrected chi connectivity index (χ3v) is 3.55. The van der Waals surface area contributed by atoms with Gasteiger partial charge in [-0.3, -0.25) is 14.6 Å². The first-order chi connectivity index (χ1) is 10.1. The van der Waals surface area contributed by atoms with Gasteiger partial charge in [0.05, 0.1) is 10.6 Å². The van der Waals surface area contributed by atoms with Gasteiger partial charge in [0, 0.05) is 42.8 Å². The Bertz CT molecular complexity index is 777. The van der Waals surface area contributed by atoms with E-state index in [0.717, 1.165) is 0 Å². The lowest BCUT2D eigenvalue weighted by Crippen LogP contribution is -2.20. The van der Waals surface area contributed by atoms with E-state index in [2.05, 4.69) is 4.98 Å². The molecule has 3 rings (SSSR count). The van der Waals surface area contributed by atoms with Crippen molar-refractivity contribution in [3.8, 4) is 0 Å². The van der Waals surface area contributed by atoms with E-state index in [1.54, 1.807) is 22.9 Å². The summed E-state index contributed by atoms with van der Waals surface area (Å²) in [5.41, 5.74) is 7.15. The van der Waals surface area contributed by atoms with E-state index in [4.69, 9.17) is 17.3 Å². The van der Waals surface area contributed by atoms with Gasteiger partial charge >= 0.3 is 0 Å². The molecule has 0 unspecified atom stereocenters. The Morgan fingerprint density at radius 2 is 2.10 bits per heavy atom. The van der Waals surface area contributed by atoms with E-state index < -0.39 is 0 Å². The number of rotatable bonds is 3. The maximum atomic E-state index is 12.6. The number of ketones is 2. The summed E-state index contributed by atoms with van der Waals surface area (Å²) in [5.74, 6) is -0.414. The van der Waals surface area contributed by atoms with Gasteiger partial charge in [0.25, 0.3) is 0 Å². The van der Waals surface area contributed by atoms with Crippen LogP contribution in [0.15, 0.2) is 36.8 Å². The Balaban J connectivity index is 2.08. The van der Waals surface area contributed by atoms with E-state index in [9.17, 15) is 9.59 Å². The fourth-order valence-corrected chi connectivity index (χ4v) is 2.61. The minimum atomic E-state index is -0.210. The Hall–Kier alpha value is -2.24. The third kappa shape index (κ3) is 2.30. The zero-order chi connectivity index (χ0) is 15.0. The average Bonchev–Trinajstić information content (AvgIpc) is 2.88. The fraction of sp³-hybridized carbons (Fsp3) is 0.133. The van der Waals surface area contributed by atoms with Gasteiger partial charge in [0.2, 0.25) is 5.78 Å². The van der Waals surface area contributed by atoms with Crippen molar-refractivity contribution in [3.63, 3.8) is 0 Å². The second kappa shape index (κ2) is 5.27. The highest BCUT2D eigenvalue weighted by atomic mass is 35.5. The predicted molar refractivity (Wildman–Crippen MR) is 79.4 cm³/mol. The summed E-state index contributed by atoms with van der Waals surface area (Å²) in [5, 5.41) is 0.417. The summed E-state index contributed by atoms with van der Waals surface area (Å²) in [4.78, 5) is 28.8. The lowest BCUT2D eigenvalue weighted by Gasteiger charge is -2.14. The number of aromatic nitrogens is 2. The Kier molecular flexibility index (Phi) is 3.45. The van der Waals surface area contributed by atoms with Gasteiger partial charge in [0.1, 0.15) is 5.69 Å². The molecular formula is C15H12ClN3O2. The van der Waals surface area contributed by atoms with Gasteiger partial charge in [-0.15, -0.1) is 0 Å². The van der Waals surface area contributed by atoms with E-state index in [1.807, 2.05) is 0 Å². The molecule has 2 aromatic heterocycles. The quantitative estimate of drug-likeness (QED) is 0.940. The number of Topliss-reactive ketones (excluding diaryl/α,β-unsaturated/α-hetero) is 1. The van der Waals surface area contributed by atoms with Gasteiger partial charge < -0.3 is 10.3 Å². The number of halogens is 1. The van der Waals surface area contributed by atoms with Crippen LogP contribution in [0.3, 0.4) is 0 Å². The SMILES string of the molecule is NCCn1ccc2c1C(=O)C=C(c1cncc(Cl)c1)C2=O. The van der Waals surface area contributed by atoms with E-state index in [1.165, 1.54) is 18.5 Å². The fourth-order valence-electron chi connectivity index (χ4n) is 2.44. The zero-order valence-electron chi connectivity index (χ0n) is 11.0. The first kappa shape index (κ1) is 13.7. The number of hydrogen-bond acceptors (Lipinski definition) is 4. The minimum absolute atomic E-state index is 0.204. The number of hydrogen-bond donors (Lipinski definition) is 1. The molecule has 0 saturated heterocycles. The molecule has 0 aromatic carbocycles. The summed E-state index contributed by atoms with van der Waals surface area (Å²) >= 11 is 5.89. The van der Waals surface area contributed by atoms with Crippen LogP contribution in [0.2, 0.25) is 5.02 Å². The molecule has 106 valence electrons. The van der Waals surface area contributed by atoms with Crippen molar-refractivity contribution in [1.82, 2.24) is 9.55 Å². The zero-order valence-corrected chi connectivity index (χ0v) is 11.8. The number of pyridine rings is 1. The maximum Gasteiger partial charge on any atom is 0.203 e. The van der Waals surface area contributed by atoms with Crippen LogP contribution in [0.4, 0.5) is 0 Å². The lowest BCUT2D eigenvalue weighted by molar-refractivity contribution is 0.0995. The standard InChI is InChI=1S/C15H12ClN3O2/c16-10-5-9(7-18-8-10)12-6-13(20)14-11(15(12)21)1-3-19(14)4-2-17/h1,3,5-8H,2,4,17H2. The molecule has 0 aliphatic heterocycles. The highest BCUT2D eigenvalue weighted by Gasteiger charge is 2.29. The van der Waals surface area contributed by atoms with Crippen LogP contribution in [0, 0.1) is 0 Å². The van der Waals surface area contributed by atoms with Gasteiger partial charge in [0.15, 0.2) is 5.78 Å². The molecule has 5 nitrogen and oxygen atoms in total. The smallest absolute Gasteiger partial charge is 0.203 e. The summed E-state index contributed by atoms with van der Waals surface area (Å²) in [7, 11) is 0. The molecule has 2 heterocycles. The van der Waals surface area contributed by atoms with Crippen molar-refractivity contribution >= 4 is 28.7 Å². The molecule has 0 atom stereocenters. The molecule has 2 N–H and O–H groups in total. The molecule has 0 bridgehead atoms. The number of carbonyl (C=O) groups is 2. The summed E-state index contributed by atoms with van der Waals surface area (Å²) in [6, 6.07) is 3.27. The van der Waals surface area contributed by atoms with Crippen LogP contribution in [0.25, 0.3) is 5.57 Å². The Morgan fingerprint density at radius 1 is 1.29 bits per heavy atom. The molecular weight excluding hydrogens is 290 g/mol. The molecule has 0 radical (unpaired) electrons. The highest BCUT2D eigenvalue weighted by Crippen LogP contribution is 2.29. The first-order valence-corrected chi connectivity index (χ1v) is 6.80. The first-order valence-electron chi connectivity index (χ1n) is 6.42. The second-order valence-electron chi connectivity index (χ2n) is 4.70. The van der Waals surface area contributed by atoms with Crippen molar-refractivity contribution in [3.05, 3.63) is 58.6 Å². The van der Waals surface area contributed by atoms with E-state index in [-0.39, 0.29) is 11.6 Å². The molecule has 2 aromatic rings. The van der Waals surface area contributed by atoms with Crippen LogP contribution in [-0.4, -0.2) is 27.7 Å². The van der Waals surface area contributed by atoms with Gasteiger partial charge in [-0.2, -0.15) is 0 Å². The van der Waals surface area contributed by atoms with Crippen molar-refractivity contribution < 1.29 is 9.59 Å². The van der Waals surface area contributed by atoms with Gasteiger partial charge in [-0.25, -0.2) is 0 Å². The highest BCUT2D eigenvalue weighted by molar-refractivity contribution is 6.38. The number of allylic oxidation sites excluding steroid dienone is 2. The van der Waals surface area contributed by atoms with Crippen molar-refractivity contribution in [2.75, 3.05) is 6.54 Å². The predicted octanol–water partition coefficient (Wildman–Crippen LogP) is 1.96. The summed E-state index contributed by atoms with van der Waals surface area (Å²) < 4.78 is 1.71.